The Balaban J connectivity index is 1.90. The second-order valence-corrected chi connectivity index (χ2v) is 7.91. The summed E-state index contributed by atoms with van der Waals surface area (Å²) in [6, 6.07) is 0.297. The van der Waals surface area contributed by atoms with Crippen LogP contribution in [0.4, 0.5) is 0 Å². The summed E-state index contributed by atoms with van der Waals surface area (Å²) in [6.07, 6.45) is 6.18. The fraction of sp³-hybridized carbons (Fsp3) is 0.800. The van der Waals surface area contributed by atoms with Crippen molar-refractivity contribution < 1.29 is 0 Å². The molecule has 1 atom stereocenters. The van der Waals surface area contributed by atoms with Gasteiger partial charge >= 0.3 is 0 Å². The van der Waals surface area contributed by atoms with Gasteiger partial charge in [-0.2, -0.15) is 0 Å². The highest BCUT2D eigenvalue weighted by molar-refractivity contribution is 7.11. The number of nitrogens with two attached hydrogens (primary N) is 1. The van der Waals surface area contributed by atoms with Gasteiger partial charge in [-0.15, -0.1) is 11.3 Å². The summed E-state index contributed by atoms with van der Waals surface area (Å²) < 4.78 is 0. The molecule has 0 aromatic carbocycles. The second kappa shape index (κ2) is 5.30. The lowest BCUT2D eigenvalue weighted by Gasteiger charge is -2.36. The SMILES string of the molecule is Cc1nc(CC(N)C2CCC(C)(C)CC2)sc1C. The summed E-state index contributed by atoms with van der Waals surface area (Å²) in [5.41, 5.74) is 8.10. The molecular weight excluding hydrogens is 240 g/mol. The Labute approximate surface area is 115 Å². The smallest absolute Gasteiger partial charge is 0.0946 e. The molecule has 0 amide bonds. The molecule has 0 saturated heterocycles. The molecule has 1 unspecified atom stereocenters. The van der Waals surface area contributed by atoms with Crippen molar-refractivity contribution in [1.82, 2.24) is 4.98 Å². The molecule has 3 heteroatoms. The van der Waals surface area contributed by atoms with Gasteiger partial charge in [-0.05, 0) is 50.9 Å². The van der Waals surface area contributed by atoms with Crippen LogP contribution in [0.2, 0.25) is 0 Å². The first kappa shape index (κ1) is 14.0. The Morgan fingerprint density at radius 1 is 1.33 bits per heavy atom. The minimum absolute atomic E-state index is 0.297. The van der Waals surface area contributed by atoms with Crippen molar-refractivity contribution in [2.24, 2.45) is 17.1 Å². The van der Waals surface area contributed by atoms with Crippen LogP contribution in [0.3, 0.4) is 0 Å². The standard InChI is InChI=1S/C15H26N2S/c1-10-11(2)18-14(17-10)9-13(16)12-5-7-15(3,4)8-6-12/h12-13H,5-9,16H2,1-4H3. The zero-order valence-electron chi connectivity index (χ0n) is 12.1. The molecule has 102 valence electrons. The molecule has 0 spiro atoms. The maximum absolute atomic E-state index is 6.40. The van der Waals surface area contributed by atoms with Crippen LogP contribution in [-0.2, 0) is 6.42 Å². The molecule has 2 N–H and O–H groups in total. The maximum Gasteiger partial charge on any atom is 0.0946 e. The molecule has 0 bridgehead atoms. The summed E-state index contributed by atoms with van der Waals surface area (Å²) in [5.74, 6) is 0.697. The van der Waals surface area contributed by atoms with Crippen molar-refractivity contribution in [3.8, 4) is 0 Å². The van der Waals surface area contributed by atoms with Gasteiger partial charge in [0.15, 0.2) is 0 Å². The predicted molar refractivity (Wildman–Crippen MR) is 79.0 cm³/mol. The Bertz CT molecular complexity index is 379. The second-order valence-electron chi connectivity index (χ2n) is 6.62. The average molecular weight is 266 g/mol. The van der Waals surface area contributed by atoms with Crippen LogP contribution >= 0.6 is 11.3 Å². The van der Waals surface area contributed by atoms with Crippen molar-refractivity contribution in [2.45, 2.75) is 65.8 Å². The molecule has 1 heterocycles. The first-order chi connectivity index (χ1) is 8.37. The summed E-state index contributed by atoms with van der Waals surface area (Å²) in [6.45, 7) is 8.99. The normalized spacial score (nSPS) is 22.1. The van der Waals surface area contributed by atoms with Crippen molar-refractivity contribution in [2.75, 3.05) is 0 Å². The third-order valence-corrected chi connectivity index (χ3v) is 5.57. The molecule has 1 aromatic heterocycles. The monoisotopic (exact) mass is 266 g/mol. The summed E-state index contributed by atoms with van der Waals surface area (Å²) in [4.78, 5) is 5.95. The van der Waals surface area contributed by atoms with Crippen LogP contribution in [0.5, 0.6) is 0 Å². The van der Waals surface area contributed by atoms with Gasteiger partial charge in [-0.25, -0.2) is 4.98 Å². The van der Waals surface area contributed by atoms with Gasteiger partial charge < -0.3 is 5.73 Å². The lowest BCUT2D eigenvalue weighted by Crippen LogP contribution is -2.36. The minimum Gasteiger partial charge on any atom is -0.327 e. The number of hydrogen-bond donors (Lipinski definition) is 1. The van der Waals surface area contributed by atoms with E-state index >= 15 is 0 Å². The van der Waals surface area contributed by atoms with Crippen LogP contribution in [0, 0.1) is 25.2 Å². The van der Waals surface area contributed by atoms with E-state index in [0.717, 1.165) is 6.42 Å². The van der Waals surface area contributed by atoms with E-state index in [0.29, 0.717) is 17.4 Å². The van der Waals surface area contributed by atoms with Crippen LogP contribution in [0.15, 0.2) is 0 Å². The molecule has 18 heavy (non-hydrogen) atoms. The van der Waals surface area contributed by atoms with Crippen molar-refractivity contribution in [3.05, 3.63) is 15.6 Å². The van der Waals surface area contributed by atoms with Gasteiger partial charge in [0.1, 0.15) is 0 Å². The van der Waals surface area contributed by atoms with Crippen LogP contribution < -0.4 is 5.73 Å². The van der Waals surface area contributed by atoms with E-state index in [1.54, 1.807) is 0 Å². The molecule has 1 fully saturated rings. The number of aryl methyl sites for hydroxylation is 2. The lowest BCUT2D eigenvalue weighted by molar-refractivity contribution is 0.173. The van der Waals surface area contributed by atoms with Crippen LogP contribution in [-0.4, -0.2) is 11.0 Å². The van der Waals surface area contributed by atoms with Crippen LogP contribution in [0.25, 0.3) is 0 Å². The molecule has 1 saturated carbocycles. The number of rotatable bonds is 3. The first-order valence-electron chi connectivity index (χ1n) is 7.06. The highest BCUT2D eigenvalue weighted by Gasteiger charge is 2.30. The van der Waals surface area contributed by atoms with Gasteiger partial charge in [0, 0.05) is 17.3 Å². The van der Waals surface area contributed by atoms with Crippen molar-refractivity contribution >= 4 is 11.3 Å². The number of hydrogen-bond acceptors (Lipinski definition) is 3. The third-order valence-electron chi connectivity index (χ3n) is 4.47. The molecule has 1 aliphatic rings. The van der Waals surface area contributed by atoms with E-state index in [4.69, 9.17) is 5.73 Å². The van der Waals surface area contributed by atoms with E-state index in [9.17, 15) is 0 Å². The topological polar surface area (TPSA) is 38.9 Å². The molecule has 0 aliphatic heterocycles. The number of thiazole rings is 1. The zero-order valence-corrected chi connectivity index (χ0v) is 12.9. The summed E-state index contributed by atoms with van der Waals surface area (Å²) >= 11 is 1.82. The zero-order chi connectivity index (χ0) is 13.3. The highest BCUT2D eigenvalue weighted by atomic mass is 32.1. The summed E-state index contributed by atoms with van der Waals surface area (Å²) in [5, 5.41) is 1.22. The number of aromatic nitrogens is 1. The van der Waals surface area contributed by atoms with Gasteiger partial charge in [0.25, 0.3) is 0 Å². The molecular formula is C15H26N2S. The molecule has 1 aliphatic carbocycles. The molecule has 1 aromatic rings. The summed E-state index contributed by atoms with van der Waals surface area (Å²) in [7, 11) is 0. The van der Waals surface area contributed by atoms with E-state index < -0.39 is 0 Å². The van der Waals surface area contributed by atoms with E-state index in [-0.39, 0.29) is 0 Å². The average Bonchev–Trinajstić information content (AvgIpc) is 2.57. The fourth-order valence-corrected chi connectivity index (χ4v) is 3.85. The molecule has 2 rings (SSSR count). The predicted octanol–water partition coefficient (Wildman–Crippen LogP) is 3.85. The van der Waals surface area contributed by atoms with E-state index in [2.05, 4.69) is 32.7 Å². The Morgan fingerprint density at radius 2 is 1.94 bits per heavy atom. The molecule has 2 nitrogen and oxygen atoms in total. The lowest BCUT2D eigenvalue weighted by atomic mass is 9.71. The van der Waals surface area contributed by atoms with Crippen molar-refractivity contribution in [1.29, 1.82) is 0 Å². The van der Waals surface area contributed by atoms with Gasteiger partial charge in [-0.3, -0.25) is 0 Å². The van der Waals surface area contributed by atoms with Gasteiger partial charge in [0.2, 0.25) is 0 Å². The minimum atomic E-state index is 0.297. The van der Waals surface area contributed by atoms with Crippen molar-refractivity contribution in [3.63, 3.8) is 0 Å². The Kier molecular flexibility index (Phi) is 4.12. The fourth-order valence-electron chi connectivity index (χ4n) is 2.84. The van der Waals surface area contributed by atoms with E-state index in [1.807, 2.05) is 11.3 Å². The van der Waals surface area contributed by atoms with Crippen LogP contribution in [0.1, 0.15) is 55.1 Å². The van der Waals surface area contributed by atoms with E-state index in [1.165, 1.54) is 41.3 Å². The van der Waals surface area contributed by atoms with Gasteiger partial charge in [0.05, 0.1) is 10.7 Å². The molecule has 0 radical (unpaired) electrons. The largest absolute Gasteiger partial charge is 0.327 e. The highest BCUT2D eigenvalue weighted by Crippen LogP contribution is 2.39. The number of nitrogens with zero attached hydrogens (tertiary/aromatic N) is 1. The maximum atomic E-state index is 6.40. The Hall–Kier alpha value is -0.410. The van der Waals surface area contributed by atoms with Gasteiger partial charge in [-0.1, -0.05) is 13.8 Å². The quantitative estimate of drug-likeness (QED) is 0.902. The Morgan fingerprint density at radius 3 is 2.44 bits per heavy atom. The first-order valence-corrected chi connectivity index (χ1v) is 7.87. The third kappa shape index (κ3) is 3.33.